The van der Waals surface area contributed by atoms with Gasteiger partial charge in [0.15, 0.2) is 0 Å². The number of hydrogen-bond donors (Lipinski definition) is 1. The van der Waals surface area contributed by atoms with E-state index in [4.69, 9.17) is 0 Å². The summed E-state index contributed by atoms with van der Waals surface area (Å²) in [4.78, 5) is 16.1. The largest absolute Gasteiger partial charge is 0.340 e. The summed E-state index contributed by atoms with van der Waals surface area (Å²) in [6, 6.07) is 2.05. The van der Waals surface area contributed by atoms with Crippen molar-refractivity contribution in [3.8, 4) is 0 Å². The Kier molecular flexibility index (Phi) is 4.68. The number of likely N-dealkylation sites (N-methyl/N-ethyl adjacent to an activating group) is 1. The SMILES string of the molecule is CNC1C(=O)N(CC2CCSCC2)CCc2ccsc21. The van der Waals surface area contributed by atoms with Crippen LogP contribution in [0.3, 0.4) is 0 Å². The summed E-state index contributed by atoms with van der Waals surface area (Å²) >= 11 is 3.76. The van der Waals surface area contributed by atoms with Crippen LogP contribution in [0.5, 0.6) is 0 Å². The van der Waals surface area contributed by atoms with Crippen LogP contribution in [0.1, 0.15) is 29.3 Å². The molecule has 3 rings (SSSR count). The molecule has 0 saturated carbocycles. The Morgan fingerprint density at radius 1 is 1.40 bits per heavy atom. The molecule has 1 fully saturated rings. The number of amides is 1. The van der Waals surface area contributed by atoms with E-state index in [-0.39, 0.29) is 11.9 Å². The molecule has 1 aromatic rings. The summed E-state index contributed by atoms with van der Waals surface area (Å²) in [5.41, 5.74) is 1.35. The van der Waals surface area contributed by atoms with Gasteiger partial charge in [0, 0.05) is 18.0 Å². The number of carbonyl (C=O) groups is 1. The van der Waals surface area contributed by atoms with Crippen LogP contribution in [-0.4, -0.2) is 42.4 Å². The number of nitrogens with one attached hydrogen (secondary N) is 1. The topological polar surface area (TPSA) is 32.3 Å². The van der Waals surface area contributed by atoms with Crippen molar-refractivity contribution in [3.63, 3.8) is 0 Å². The van der Waals surface area contributed by atoms with Gasteiger partial charge in [0.1, 0.15) is 6.04 Å². The van der Waals surface area contributed by atoms with E-state index >= 15 is 0 Å². The smallest absolute Gasteiger partial charge is 0.245 e. The third kappa shape index (κ3) is 2.90. The molecule has 5 heteroatoms. The molecule has 2 aliphatic heterocycles. The van der Waals surface area contributed by atoms with Crippen LogP contribution < -0.4 is 5.32 Å². The van der Waals surface area contributed by atoms with E-state index in [1.165, 1.54) is 34.8 Å². The lowest BCUT2D eigenvalue weighted by Crippen LogP contribution is -2.42. The minimum Gasteiger partial charge on any atom is -0.340 e. The van der Waals surface area contributed by atoms with Gasteiger partial charge in [0.25, 0.3) is 0 Å². The maximum absolute atomic E-state index is 12.8. The molecular formula is C15H22N2OS2. The van der Waals surface area contributed by atoms with Crippen molar-refractivity contribution >= 4 is 29.0 Å². The van der Waals surface area contributed by atoms with E-state index in [0.29, 0.717) is 5.92 Å². The van der Waals surface area contributed by atoms with Crippen molar-refractivity contribution < 1.29 is 4.79 Å². The second-order valence-corrected chi connectivity index (χ2v) is 7.79. The van der Waals surface area contributed by atoms with E-state index < -0.39 is 0 Å². The summed E-state index contributed by atoms with van der Waals surface area (Å²) in [7, 11) is 1.90. The summed E-state index contributed by atoms with van der Waals surface area (Å²) in [6.45, 7) is 1.83. The molecule has 1 N–H and O–H groups in total. The van der Waals surface area contributed by atoms with Crippen molar-refractivity contribution in [3.05, 3.63) is 21.9 Å². The second-order valence-electron chi connectivity index (χ2n) is 5.62. The monoisotopic (exact) mass is 310 g/mol. The van der Waals surface area contributed by atoms with E-state index in [9.17, 15) is 4.79 Å². The average Bonchev–Trinajstić information content (AvgIpc) is 2.89. The molecule has 1 saturated heterocycles. The van der Waals surface area contributed by atoms with E-state index in [2.05, 4.69) is 21.7 Å². The molecule has 3 nitrogen and oxygen atoms in total. The highest BCUT2D eigenvalue weighted by Gasteiger charge is 2.32. The molecule has 3 heterocycles. The minimum atomic E-state index is -0.134. The number of rotatable bonds is 3. The minimum absolute atomic E-state index is 0.134. The molecule has 110 valence electrons. The number of nitrogens with zero attached hydrogens (tertiary/aromatic N) is 1. The van der Waals surface area contributed by atoms with Crippen molar-refractivity contribution in [2.24, 2.45) is 5.92 Å². The molecule has 20 heavy (non-hydrogen) atoms. The molecule has 0 aromatic carbocycles. The van der Waals surface area contributed by atoms with E-state index in [0.717, 1.165) is 19.5 Å². The van der Waals surface area contributed by atoms with Gasteiger partial charge in [0.2, 0.25) is 5.91 Å². The zero-order valence-corrected chi connectivity index (χ0v) is 13.6. The third-order valence-corrected chi connectivity index (χ3v) is 6.43. The molecule has 0 bridgehead atoms. The first kappa shape index (κ1) is 14.4. The lowest BCUT2D eigenvalue weighted by atomic mass is 10.0. The van der Waals surface area contributed by atoms with Gasteiger partial charge < -0.3 is 10.2 Å². The predicted octanol–water partition coefficient (Wildman–Crippen LogP) is 2.54. The quantitative estimate of drug-likeness (QED) is 0.931. The molecule has 1 amide bonds. The van der Waals surface area contributed by atoms with Crippen molar-refractivity contribution in [1.29, 1.82) is 0 Å². The highest BCUT2D eigenvalue weighted by molar-refractivity contribution is 7.99. The first-order valence-electron chi connectivity index (χ1n) is 7.39. The van der Waals surface area contributed by atoms with Crippen LogP contribution in [0.4, 0.5) is 0 Å². The van der Waals surface area contributed by atoms with Gasteiger partial charge in [-0.3, -0.25) is 4.79 Å². The van der Waals surface area contributed by atoms with E-state index in [1.807, 2.05) is 18.8 Å². The molecular weight excluding hydrogens is 288 g/mol. The number of thiophene rings is 1. The Hall–Kier alpha value is -0.520. The van der Waals surface area contributed by atoms with Crippen LogP contribution in [0.25, 0.3) is 0 Å². The van der Waals surface area contributed by atoms with Crippen LogP contribution in [0, 0.1) is 5.92 Å². The first-order valence-corrected chi connectivity index (χ1v) is 9.43. The summed E-state index contributed by atoms with van der Waals surface area (Å²) < 4.78 is 0. The summed E-state index contributed by atoms with van der Waals surface area (Å²) in [5.74, 6) is 3.49. The zero-order valence-electron chi connectivity index (χ0n) is 11.9. The standard InChI is InChI=1S/C15H22N2OS2/c1-16-13-14-12(5-9-20-14)2-6-17(15(13)18)10-11-3-7-19-8-4-11/h5,9,11,13,16H,2-4,6-8,10H2,1H3. The fraction of sp³-hybridized carbons (Fsp3) is 0.667. The fourth-order valence-corrected chi connectivity index (χ4v) is 5.40. The van der Waals surface area contributed by atoms with Crippen molar-refractivity contribution in [2.75, 3.05) is 31.6 Å². The zero-order chi connectivity index (χ0) is 13.9. The Labute approximate surface area is 129 Å². The lowest BCUT2D eigenvalue weighted by Gasteiger charge is -2.30. The summed E-state index contributed by atoms with van der Waals surface area (Å²) in [6.07, 6.45) is 3.53. The predicted molar refractivity (Wildman–Crippen MR) is 86.5 cm³/mol. The normalized spacial score (nSPS) is 24.6. The fourth-order valence-electron chi connectivity index (χ4n) is 3.14. The maximum atomic E-state index is 12.8. The lowest BCUT2D eigenvalue weighted by molar-refractivity contribution is -0.133. The highest BCUT2D eigenvalue weighted by atomic mass is 32.2. The van der Waals surface area contributed by atoms with Crippen LogP contribution in [-0.2, 0) is 11.2 Å². The van der Waals surface area contributed by atoms with Gasteiger partial charge in [-0.05, 0) is 60.7 Å². The third-order valence-electron chi connectivity index (χ3n) is 4.36. The van der Waals surface area contributed by atoms with Crippen molar-refractivity contribution in [2.45, 2.75) is 25.3 Å². The Morgan fingerprint density at radius 2 is 2.20 bits per heavy atom. The van der Waals surface area contributed by atoms with Crippen molar-refractivity contribution in [1.82, 2.24) is 10.2 Å². The van der Waals surface area contributed by atoms with Gasteiger partial charge in [-0.2, -0.15) is 11.8 Å². The van der Waals surface area contributed by atoms with Gasteiger partial charge in [-0.15, -0.1) is 11.3 Å². The Balaban J connectivity index is 1.73. The number of thioether (sulfide) groups is 1. The Morgan fingerprint density at radius 3 is 2.95 bits per heavy atom. The molecule has 1 atom stereocenters. The number of hydrogen-bond acceptors (Lipinski definition) is 4. The van der Waals surface area contributed by atoms with Crippen LogP contribution in [0.2, 0.25) is 0 Å². The highest BCUT2D eigenvalue weighted by Crippen LogP contribution is 2.31. The van der Waals surface area contributed by atoms with Gasteiger partial charge in [-0.25, -0.2) is 0 Å². The second kappa shape index (κ2) is 6.50. The molecule has 1 aromatic heterocycles. The van der Waals surface area contributed by atoms with Gasteiger partial charge in [-0.1, -0.05) is 0 Å². The average molecular weight is 310 g/mol. The molecule has 0 aliphatic carbocycles. The molecule has 0 spiro atoms. The van der Waals surface area contributed by atoms with Crippen LogP contribution >= 0.6 is 23.1 Å². The van der Waals surface area contributed by atoms with Gasteiger partial charge >= 0.3 is 0 Å². The maximum Gasteiger partial charge on any atom is 0.245 e. The molecule has 2 aliphatic rings. The van der Waals surface area contributed by atoms with E-state index in [1.54, 1.807) is 11.3 Å². The number of fused-ring (bicyclic) bond motifs is 1. The first-order chi connectivity index (χ1) is 9.79. The molecule has 1 unspecified atom stereocenters. The number of carbonyl (C=O) groups excluding carboxylic acids is 1. The van der Waals surface area contributed by atoms with Gasteiger partial charge in [0.05, 0.1) is 0 Å². The summed E-state index contributed by atoms with van der Waals surface area (Å²) in [5, 5.41) is 5.33. The molecule has 0 radical (unpaired) electrons. The van der Waals surface area contributed by atoms with Crippen LogP contribution in [0.15, 0.2) is 11.4 Å². The Bertz CT molecular complexity index is 468.